The molecule has 0 aliphatic carbocycles. The molecule has 0 spiro atoms. The van der Waals surface area contributed by atoms with Crippen LogP contribution in [-0.2, 0) is 5.88 Å². The van der Waals surface area contributed by atoms with Crippen LogP contribution in [0.5, 0.6) is 0 Å². The number of benzene rings is 1. The quantitative estimate of drug-likeness (QED) is 0.535. The molecular formula is C11H7Cl2N5. The van der Waals surface area contributed by atoms with E-state index in [9.17, 15) is 0 Å². The van der Waals surface area contributed by atoms with Crippen LogP contribution >= 0.6 is 23.2 Å². The van der Waals surface area contributed by atoms with Gasteiger partial charge in [0.1, 0.15) is 17.0 Å². The molecule has 0 amide bonds. The maximum atomic E-state index is 6.00. The average molecular weight is 280 g/mol. The van der Waals surface area contributed by atoms with E-state index in [-0.39, 0.29) is 5.88 Å². The number of hydrogen-bond acceptors (Lipinski definition) is 4. The van der Waals surface area contributed by atoms with Gasteiger partial charge in [-0.3, -0.25) is 0 Å². The van der Waals surface area contributed by atoms with Crippen molar-refractivity contribution in [2.45, 2.75) is 5.88 Å². The molecule has 0 radical (unpaired) electrons. The topological polar surface area (TPSA) is 56.5 Å². The molecule has 2 heterocycles. The molecule has 7 heteroatoms. The Morgan fingerprint density at radius 3 is 2.83 bits per heavy atom. The fourth-order valence-electron chi connectivity index (χ4n) is 1.71. The Morgan fingerprint density at radius 2 is 2.00 bits per heavy atom. The third kappa shape index (κ3) is 1.72. The van der Waals surface area contributed by atoms with Crippen LogP contribution in [0.3, 0.4) is 0 Å². The van der Waals surface area contributed by atoms with E-state index in [1.54, 1.807) is 4.68 Å². The van der Waals surface area contributed by atoms with Crippen molar-refractivity contribution in [1.82, 2.24) is 25.0 Å². The zero-order valence-corrected chi connectivity index (χ0v) is 10.6. The number of alkyl halides is 1. The van der Waals surface area contributed by atoms with Crippen molar-refractivity contribution in [2.75, 3.05) is 0 Å². The average Bonchev–Trinajstić information content (AvgIpc) is 2.82. The molecule has 2 aromatic heterocycles. The number of fused-ring (bicyclic) bond motifs is 1. The number of halogens is 2. The number of para-hydroxylation sites is 1. The molecule has 0 aliphatic heterocycles. The predicted molar refractivity (Wildman–Crippen MR) is 69.0 cm³/mol. The van der Waals surface area contributed by atoms with Crippen LogP contribution in [0.4, 0.5) is 0 Å². The van der Waals surface area contributed by atoms with Gasteiger partial charge in [-0.05, 0) is 12.1 Å². The van der Waals surface area contributed by atoms with Crippen LogP contribution in [0, 0.1) is 0 Å². The van der Waals surface area contributed by atoms with Crippen molar-refractivity contribution in [2.24, 2.45) is 0 Å². The Labute approximate surface area is 112 Å². The second-order valence-corrected chi connectivity index (χ2v) is 4.22. The van der Waals surface area contributed by atoms with E-state index in [1.165, 1.54) is 6.33 Å². The Bertz CT molecular complexity index is 709. The van der Waals surface area contributed by atoms with Gasteiger partial charge in [-0.25, -0.2) is 9.97 Å². The highest BCUT2D eigenvalue weighted by molar-refractivity contribution is 6.31. The van der Waals surface area contributed by atoms with Crippen molar-refractivity contribution in [1.29, 1.82) is 0 Å². The molecule has 0 aliphatic rings. The van der Waals surface area contributed by atoms with Crippen molar-refractivity contribution in [3.63, 3.8) is 0 Å². The first-order chi connectivity index (χ1) is 8.81. The lowest BCUT2D eigenvalue weighted by molar-refractivity contribution is 0.788. The summed E-state index contributed by atoms with van der Waals surface area (Å²) in [6.07, 6.45) is 1.38. The molecule has 0 atom stereocenters. The summed E-state index contributed by atoms with van der Waals surface area (Å²) in [7, 11) is 0. The van der Waals surface area contributed by atoms with Crippen molar-refractivity contribution in [3.8, 4) is 5.82 Å². The van der Waals surface area contributed by atoms with E-state index in [0.717, 1.165) is 11.0 Å². The molecule has 0 N–H and O–H groups in total. The lowest BCUT2D eigenvalue weighted by atomic mass is 10.3. The van der Waals surface area contributed by atoms with E-state index in [4.69, 9.17) is 23.2 Å². The maximum Gasteiger partial charge on any atom is 0.165 e. The van der Waals surface area contributed by atoms with Crippen LogP contribution in [0.25, 0.3) is 16.9 Å². The zero-order valence-electron chi connectivity index (χ0n) is 9.09. The predicted octanol–water partition coefficient (Wildman–Crippen LogP) is 2.60. The number of hydrogen-bond donors (Lipinski definition) is 0. The smallest absolute Gasteiger partial charge is 0.165 e. The molecule has 1 aromatic carbocycles. The third-order valence-electron chi connectivity index (χ3n) is 2.56. The van der Waals surface area contributed by atoms with E-state index >= 15 is 0 Å². The first kappa shape index (κ1) is 11.4. The molecule has 0 fully saturated rings. The van der Waals surface area contributed by atoms with Gasteiger partial charge < -0.3 is 0 Å². The van der Waals surface area contributed by atoms with Gasteiger partial charge in [0, 0.05) is 5.56 Å². The summed E-state index contributed by atoms with van der Waals surface area (Å²) in [6.45, 7) is 0. The first-order valence-electron chi connectivity index (χ1n) is 5.17. The van der Waals surface area contributed by atoms with E-state index < -0.39 is 0 Å². The Balaban J connectivity index is 2.30. The highest BCUT2D eigenvalue weighted by Gasteiger charge is 2.14. The van der Waals surface area contributed by atoms with Gasteiger partial charge in [0.2, 0.25) is 0 Å². The minimum Gasteiger partial charge on any atom is -0.224 e. The van der Waals surface area contributed by atoms with Gasteiger partial charge >= 0.3 is 0 Å². The second kappa shape index (κ2) is 4.51. The zero-order chi connectivity index (χ0) is 12.5. The largest absolute Gasteiger partial charge is 0.224 e. The fraction of sp³-hybridized carbons (Fsp3) is 0.0909. The van der Waals surface area contributed by atoms with Gasteiger partial charge in [0.25, 0.3) is 0 Å². The molecule has 0 saturated carbocycles. The molecule has 0 bridgehead atoms. The van der Waals surface area contributed by atoms with Crippen molar-refractivity contribution in [3.05, 3.63) is 41.3 Å². The minimum absolute atomic E-state index is 0.212. The highest BCUT2D eigenvalue weighted by Crippen LogP contribution is 2.23. The lowest BCUT2D eigenvalue weighted by Crippen LogP contribution is -2.05. The van der Waals surface area contributed by atoms with E-state index in [1.807, 2.05) is 24.3 Å². The normalized spacial score (nSPS) is 11.0. The number of rotatable bonds is 2. The summed E-state index contributed by atoms with van der Waals surface area (Å²) in [5, 5.41) is 8.47. The second-order valence-electron chi connectivity index (χ2n) is 3.59. The molecule has 90 valence electrons. The summed E-state index contributed by atoms with van der Waals surface area (Å²) < 4.78 is 1.61. The maximum absolute atomic E-state index is 6.00. The van der Waals surface area contributed by atoms with Crippen molar-refractivity contribution < 1.29 is 0 Å². The third-order valence-corrected chi connectivity index (χ3v) is 3.15. The van der Waals surface area contributed by atoms with Crippen LogP contribution in [-0.4, -0.2) is 25.0 Å². The Hall–Kier alpha value is -1.72. The summed E-state index contributed by atoms with van der Waals surface area (Å²) in [5.74, 6) is 0.766. The minimum atomic E-state index is 0.212. The molecule has 3 rings (SSSR count). The van der Waals surface area contributed by atoms with Crippen molar-refractivity contribution >= 4 is 34.2 Å². The lowest BCUT2D eigenvalue weighted by Gasteiger charge is -2.06. The molecule has 18 heavy (non-hydrogen) atoms. The molecule has 0 unspecified atom stereocenters. The molecule has 0 saturated heterocycles. The van der Waals surface area contributed by atoms with E-state index in [0.29, 0.717) is 16.5 Å². The molecule has 5 nitrogen and oxygen atoms in total. The summed E-state index contributed by atoms with van der Waals surface area (Å²) in [6, 6.07) is 7.59. The monoisotopic (exact) mass is 279 g/mol. The molecular weight excluding hydrogens is 273 g/mol. The summed E-state index contributed by atoms with van der Waals surface area (Å²) in [4.78, 5) is 8.09. The summed E-state index contributed by atoms with van der Waals surface area (Å²) >= 11 is 11.9. The number of aromatic nitrogens is 5. The van der Waals surface area contributed by atoms with Crippen LogP contribution in [0.2, 0.25) is 5.15 Å². The van der Waals surface area contributed by atoms with E-state index in [2.05, 4.69) is 20.3 Å². The van der Waals surface area contributed by atoms with Gasteiger partial charge in [-0.15, -0.1) is 16.7 Å². The van der Waals surface area contributed by atoms with Gasteiger partial charge in [0.05, 0.1) is 11.4 Å². The summed E-state index contributed by atoms with van der Waals surface area (Å²) in [5.41, 5.74) is 2.27. The van der Waals surface area contributed by atoms with Crippen LogP contribution < -0.4 is 0 Å². The Kier molecular flexibility index (Phi) is 2.85. The van der Waals surface area contributed by atoms with Crippen LogP contribution in [0.1, 0.15) is 5.56 Å². The van der Waals surface area contributed by atoms with Crippen LogP contribution in [0.15, 0.2) is 30.6 Å². The Morgan fingerprint density at radius 1 is 1.17 bits per heavy atom. The van der Waals surface area contributed by atoms with Gasteiger partial charge in [-0.1, -0.05) is 28.9 Å². The van der Waals surface area contributed by atoms with Gasteiger partial charge in [0.15, 0.2) is 5.82 Å². The number of nitrogens with zero attached hydrogens (tertiary/aromatic N) is 5. The standard InChI is InChI=1S/C11H7Cl2N5/c12-5-7-10(13)14-6-15-11(7)18-9-4-2-1-3-8(9)16-17-18/h1-4,6H,5H2. The fourth-order valence-corrected chi connectivity index (χ4v) is 2.21. The first-order valence-corrected chi connectivity index (χ1v) is 6.08. The highest BCUT2D eigenvalue weighted by atomic mass is 35.5. The molecule has 3 aromatic rings. The SMILES string of the molecule is ClCc1c(Cl)ncnc1-n1nnc2ccccc21. The van der Waals surface area contributed by atoms with Gasteiger partial charge in [-0.2, -0.15) is 4.68 Å².